The molecule has 196 valence electrons. The van der Waals surface area contributed by atoms with E-state index in [1.54, 1.807) is 42.5 Å². The lowest BCUT2D eigenvalue weighted by atomic mass is 9.98. The Labute approximate surface area is 227 Å². The zero-order chi connectivity index (χ0) is 27.6. The van der Waals surface area contributed by atoms with Gasteiger partial charge in [0.15, 0.2) is 0 Å². The summed E-state index contributed by atoms with van der Waals surface area (Å²) in [6.45, 7) is 0. The number of anilines is 1. The number of hydrogen-bond donors (Lipinski definition) is 2. The highest BCUT2D eigenvalue weighted by molar-refractivity contribution is 6.30. The highest BCUT2D eigenvalue weighted by Crippen LogP contribution is 2.32. The van der Waals surface area contributed by atoms with Crippen LogP contribution in [0.3, 0.4) is 0 Å². The van der Waals surface area contributed by atoms with E-state index in [-0.39, 0.29) is 11.7 Å². The van der Waals surface area contributed by atoms with Crippen LogP contribution < -0.4 is 11.1 Å². The summed E-state index contributed by atoms with van der Waals surface area (Å²) in [6, 6.07) is 29.5. The number of amides is 1. The van der Waals surface area contributed by atoms with E-state index in [9.17, 15) is 18.0 Å². The van der Waals surface area contributed by atoms with Crippen LogP contribution in [0.4, 0.5) is 19.0 Å². The summed E-state index contributed by atoms with van der Waals surface area (Å²) >= 11 is 6.05. The Balaban J connectivity index is 1.38. The Morgan fingerprint density at radius 2 is 1.51 bits per heavy atom. The van der Waals surface area contributed by atoms with Gasteiger partial charge in [0.2, 0.25) is 0 Å². The number of nitrogens with two attached hydrogens (primary N) is 1. The van der Waals surface area contributed by atoms with Gasteiger partial charge in [-0.05, 0) is 59.7 Å². The number of nitrogens with one attached hydrogen (secondary N) is 1. The summed E-state index contributed by atoms with van der Waals surface area (Å²) in [7, 11) is 0. The van der Waals surface area contributed by atoms with Crippen LogP contribution in [-0.4, -0.2) is 15.7 Å². The van der Waals surface area contributed by atoms with Crippen LogP contribution in [0.15, 0.2) is 109 Å². The first kappa shape index (κ1) is 26.1. The van der Waals surface area contributed by atoms with E-state index in [4.69, 9.17) is 17.3 Å². The number of rotatable bonds is 6. The molecule has 1 aromatic heterocycles. The maximum absolute atomic E-state index is 13.2. The zero-order valence-electron chi connectivity index (χ0n) is 20.4. The SMILES string of the molecule is Nc1cc(-c2cccc(C(F)(F)F)c2)nn1-c1ccc(C(=O)NC(c2ccccc2)c2ccc(Cl)cc2)cc1. The lowest BCUT2D eigenvalue weighted by Crippen LogP contribution is -2.29. The van der Waals surface area contributed by atoms with E-state index in [0.29, 0.717) is 27.5 Å². The Morgan fingerprint density at radius 3 is 2.18 bits per heavy atom. The van der Waals surface area contributed by atoms with E-state index in [2.05, 4.69) is 10.4 Å². The summed E-state index contributed by atoms with van der Waals surface area (Å²) in [5, 5.41) is 8.07. The van der Waals surface area contributed by atoms with Crippen LogP contribution in [0, 0.1) is 0 Å². The Kier molecular flexibility index (Phi) is 7.13. The number of hydrogen-bond acceptors (Lipinski definition) is 3. The summed E-state index contributed by atoms with van der Waals surface area (Å²) in [5.74, 6) is -0.0464. The Bertz CT molecular complexity index is 1600. The molecule has 0 fully saturated rings. The molecule has 3 N–H and O–H groups in total. The van der Waals surface area contributed by atoms with E-state index >= 15 is 0 Å². The molecular weight excluding hydrogens is 525 g/mol. The van der Waals surface area contributed by atoms with Crippen molar-refractivity contribution in [3.8, 4) is 16.9 Å². The predicted octanol–water partition coefficient (Wildman–Crippen LogP) is 7.31. The van der Waals surface area contributed by atoms with Crippen molar-refractivity contribution in [2.24, 2.45) is 0 Å². The van der Waals surface area contributed by atoms with Crippen molar-refractivity contribution in [2.45, 2.75) is 12.2 Å². The van der Waals surface area contributed by atoms with Crippen molar-refractivity contribution >= 4 is 23.3 Å². The number of benzene rings is 4. The maximum atomic E-state index is 13.2. The molecule has 4 aromatic carbocycles. The van der Waals surface area contributed by atoms with Gasteiger partial charge in [-0.25, -0.2) is 4.68 Å². The lowest BCUT2D eigenvalue weighted by Gasteiger charge is -2.20. The molecule has 5 nitrogen and oxygen atoms in total. The van der Waals surface area contributed by atoms with Gasteiger partial charge < -0.3 is 11.1 Å². The van der Waals surface area contributed by atoms with Gasteiger partial charge in [-0.15, -0.1) is 0 Å². The van der Waals surface area contributed by atoms with Crippen molar-refractivity contribution < 1.29 is 18.0 Å². The number of nitrogen functional groups attached to an aromatic ring is 1. The van der Waals surface area contributed by atoms with Crippen LogP contribution in [0.5, 0.6) is 0 Å². The number of halogens is 4. The monoisotopic (exact) mass is 546 g/mol. The molecule has 0 aliphatic rings. The van der Waals surface area contributed by atoms with Crippen molar-refractivity contribution in [3.05, 3.63) is 136 Å². The van der Waals surface area contributed by atoms with Crippen LogP contribution in [0.2, 0.25) is 5.02 Å². The lowest BCUT2D eigenvalue weighted by molar-refractivity contribution is -0.137. The summed E-state index contributed by atoms with van der Waals surface area (Å²) < 4.78 is 40.8. The maximum Gasteiger partial charge on any atom is 0.416 e. The van der Waals surface area contributed by atoms with Gasteiger partial charge in [-0.2, -0.15) is 18.3 Å². The predicted molar refractivity (Wildman–Crippen MR) is 146 cm³/mol. The van der Waals surface area contributed by atoms with Crippen molar-refractivity contribution in [2.75, 3.05) is 5.73 Å². The highest BCUT2D eigenvalue weighted by atomic mass is 35.5. The minimum atomic E-state index is -4.46. The third-order valence-corrected chi connectivity index (χ3v) is 6.46. The number of aromatic nitrogens is 2. The first-order chi connectivity index (χ1) is 18.7. The Hall–Kier alpha value is -4.56. The van der Waals surface area contributed by atoms with Crippen molar-refractivity contribution in [3.63, 3.8) is 0 Å². The molecule has 1 atom stereocenters. The minimum Gasteiger partial charge on any atom is -0.384 e. The fourth-order valence-corrected chi connectivity index (χ4v) is 4.35. The molecule has 1 heterocycles. The first-order valence-corrected chi connectivity index (χ1v) is 12.3. The number of carbonyl (C=O) groups is 1. The second kappa shape index (κ2) is 10.7. The van der Waals surface area contributed by atoms with Crippen LogP contribution in [0.1, 0.15) is 33.1 Å². The number of alkyl halides is 3. The standard InChI is InChI=1S/C30H22ClF3N4O/c31-24-13-9-20(10-14-24)28(19-5-2-1-3-6-19)36-29(39)21-11-15-25(16-12-21)38-27(35)18-26(37-38)22-7-4-8-23(17-22)30(32,33)34/h1-18,28H,35H2,(H,36,39). The zero-order valence-corrected chi connectivity index (χ0v) is 21.1. The van der Waals surface area contributed by atoms with E-state index < -0.39 is 17.8 Å². The summed E-state index contributed by atoms with van der Waals surface area (Å²) in [5.41, 5.74) is 8.71. The molecule has 9 heteroatoms. The quantitative estimate of drug-likeness (QED) is 0.234. The largest absolute Gasteiger partial charge is 0.416 e. The molecule has 5 aromatic rings. The Morgan fingerprint density at radius 1 is 0.846 bits per heavy atom. The molecule has 0 saturated carbocycles. The highest BCUT2D eigenvalue weighted by Gasteiger charge is 2.30. The number of carbonyl (C=O) groups excluding carboxylic acids is 1. The van der Waals surface area contributed by atoms with Gasteiger partial charge >= 0.3 is 6.18 Å². The van der Waals surface area contributed by atoms with Gasteiger partial charge in [0.25, 0.3) is 5.91 Å². The van der Waals surface area contributed by atoms with Gasteiger partial charge in [-0.1, -0.05) is 66.2 Å². The average molecular weight is 547 g/mol. The molecule has 1 amide bonds. The van der Waals surface area contributed by atoms with E-state index in [0.717, 1.165) is 23.3 Å². The fraction of sp³-hybridized carbons (Fsp3) is 0.0667. The molecule has 39 heavy (non-hydrogen) atoms. The molecule has 0 spiro atoms. The molecular formula is C30H22ClF3N4O. The topological polar surface area (TPSA) is 72.9 Å². The third-order valence-electron chi connectivity index (χ3n) is 6.21. The second-order valence-corrected chi connectivity index (χ2v) is 9.30. The van der Waals surface area contributed by atoms with Crippen LogP contribution in [-0.2, 0) is 6.18 Å². The van der Waals surface area contributed by atoms with Crippen LogP contribution >= 0.6 is 11.6 Å². The number of nitrogens with zero attached hydrogens (tertiary/aromatic N) is 2. The molecule has 0 aliphatic carbocycles. The minimum absolute atomic E-state index is 0.242. The summed E-state index contributed by atoms with van der Waals surface area (Å²) in [6.07, 6.45) is -4.46. The van der Waals surface area contributed by atoms with Crippen molar-refractivity contribution in [1.29, 1.82) is 0 Å². The molecule has 5 rings (SSSR count). The fourth-order valence-electron chi connectivity index (χ4n) is 4.23. The van der Waals surface area contributed by atoms with Gasteiger partial charge in [0.05, 0.1) is 23.0 Å². The van der Waals surface area contributed by atoms with Crippen molar-refractivity contribution in [1.82, 2.24) is 15.1 Å². The molecule has 0 saturated heterocycles. The van der Waals surface area contributed by atoms with Gasteiger partial charge in [-0.3, -0.25) is 4.79 Å². The molecule has 0 aliphatic heterocycles. The van der Waals surface area contributed by atoms with E-state index in [1.807, 2.05) is 42.5 Å². The smallest absolute Gasteiger partial charge is 0.384 e. The molecule has 1 unspecified atom stereocenters. The van der Waals surface area contributed by atoms with E-state index in [1.165, 1.54) is 16.8 Å². The first-order valence-electron chi connectivity index (χ1n) is 11.9. The van der Waals surface area contributed by atoms with Gasteiger partial charge in [0, 0.05) is 22.2 Å². The normalized spacial score (nSPS) is 12.2. The molecule has 0 bridgehead atoms. The van der Waals surface area contributed by atoms with Crippen LogP contribution in [0.25, 0.3) is 16.9 Å². The summed E-state index contributed by atoms with van der Waals surface area (Å²) in [4.78, 5) is 13.2. The van der Waals surface area contributed by atoms with Gasteiger partial charge in [0.1, 0.15) is 5.82 Å². The molecule has 0 radical (unpaired) electrons. The third kappa shape index (κ3) is 5.81. The second-order valence-electron chi connectivity index (χ2n) is 8.86. The average Bonchev–Trinajstić information content (AvgIpc) is 3.34.